The first-order valence-corrected chi connectivity index (χ1v) is 8.89. The monoisotopic (exact) mass is 359 g/mol. The van der Waals surface area contributed by atoms with E-state index < -0.39 is 5.97 Å². The van der Waals surface area contributed by atoms with E-state index in [2.05, 4.69) is 10.00 Å². The summed E-state index contributed by atoms with van der Waals surface area (Å²) in [6.07, 6.45) is 3.92. The summed E-state index contributed by atoms with van der Waals surface area (Å²) in [4.78, 5) is 13.2. The molecular weight excluding hydrogens is 334 g/mol. The second-order valence-electron chi connectivity index (χ2n) is 6.47. The summed E-state index contributed by atoms with van der Waals surface area (Å²) in [5, 5.41) is 13.3. The van der Waals surface area contributed by atoms with Gasteiger partial charge in [-0.05, 0) is 37.6 Å². The van der Waals surface area contributed by atoms with Gasteiger partial charge in [0.15, 0.2) is 11.5 Å². The van der Waals surface area contributed by atoms with Crippen LogP contribution in [0.25, 0.3) is 0 Å². The van der Waals surface area contributed by atoms with Gasteiger partial charge in [0.05, 0.1) is 12.8 Å². The van der Waals surface area contributed by atoms with E-state index in [9.17, 15) is 4.79 Å². The average Bonchev–Trinajstić information content (AvgIpc) is 3.10. The van der Waals surface area contributed by atoms with Crippen LogP contribution in [-0.4, -0.2) is 59.1 Å². The number of likely N-dealkylation sites (tertiary alicyclic amines) is 1. The van der Waals surface area contributed by atoms with Crippen molar-refractivity contribution in [2.75, 3.05) is 33.4 Å². The molecule has 1 aromatic carbocycles. The van der Waals surface area contributed by atoms with Gasteiger partial charge in [0.2, 0.25) is 0 Å². The lowest BCUT2D eigenvalue weighted by Gasteiger charge is -2.31. The van der Waals surface area contributed by atoms with E-state index in [-0.39, 0.29) is 6.54 Å². The van der Waals surface area contributed by atoms with Gasteiger partial charge in [0.1, 0.15) is 13.2 Å². The largest absolute Gasteiger partial charge is 0.493 e. The van der Waals surface area contributed by atoms with Crippen LogP contribution in [0.3, 0.4) is 0 Å². The summed E-state index contributed by atoms with van der Waals surface area (Å²) in [6, 6.07) is 9.59. The molecule has 0 radical (unpaired) electrons. The molecule has 7 nitrogen and oxygen atoms in total. The number of ether oxygens (including phenoxy) is 2. The van der Waals surface area contributed by atoms with Crippen molar-refractivity contribution in [3.63, 3.8) is 0 Å². The standard InChI is InChI=1S/C19H25N3O4/c1-25-17-6-2-3-7-18(17)26-12-11-21-9-4-5-15(13-21)16-8-10-22(20-16)14-19(23)24/h2-3,6-8,10,15H,4-5,9,11-14H2,1H3,(H,23,24)/t15-/m1/s1. The number of aliphatic carboxylic acids is 1. The highest BCUT2D eigenvalue weighted by atomic mass is 16.5. The Morgan fingerprint density at radius 1 is 1.31 bits per heavy atom. The number of rotatable bonds is 8. The molecule has 2 aromatic rings. The Bertz CT molecular complexity index is 731. The molecule has 1 aromatic heterocycles. The van der Waals surface area contributed by atoms with E-state index in [0.717, 1.165) is 49.7 Å². The van der Waals surface area contributed by atoms with Crippen LogP contribution >= 0.6 is 0 Å². The highest BCUT2D eigenvalue weighted by Crippen LogP contribution is 2.27. The SMILES string of the molecule is COc1ccccc1OCCN1CCC[C@@H](c2ccn(CC(=O)O)n2)C1. The molecule has 140 valence electrons. The van der Waals surface area contributed by atoms with Crippen LogP contribution < -0.4 is 9.47 Å². The van der Waals surface area contributed by atoms with Crippen LogP contribution in [0.15, 0.2) is 36.5 Å². The summed E-state index contributed by atoms with van der Waals surface area (Å²) >= 11 is 0. The lowest BCUT2D eigenvalue weighted by molar-refractivity contribution is -0.137. The Morgan fingerprint density at radius 2 is 2.12 bits per heavy atom. The maximum Gasteiger partial charge on any atom is 0.325 e. The van der Waals surface area contributed by atoms with Crippen LogP contribution in [-0.2, 0) is 11.3 Å². The number of piperidine rings is 1. The first-order chi connectivity index (χ1) is 12.7. The fourth-order valence-corrected chi connectivity index (χ4v) is 3.34. The quantitative estimate of drug-likeness (QED) is 0.779. The minimum atomic E-state index is -0.876. The normalized spacial score (nSPS) is 17.8. The van der Waals surface area contributed by atoms with Crippen LogP contribution in [0.2, 0.25) is 0 Å². The van der Waals surface area contributed by atoms with Crippen LogP contribution in [0.4, 0.5) is 0 Å². The molecule has 1 fully saturated rings. The lowest BCUT2D eigenvalue weighted by atomic mass is 9.95. The number of nitrogens with zero attached hydrogens (tertiary/aromatic N) is 3. The summed E-state index contributed by atoms with van der Waals surface area (Å²) in [5.74, 6) is 0.965. The van der Waals surface area contributed by atoms with Crippen molar-refractivity contribution in [2.45, 2.75) is 25.3 Å². The Hall–Kier alpha value is -2.54. The van der Waals surface area contributed by atoms with E-state index >= 15 is 0 Å². The molecule has 1 saturated heterocycles. The average molecular weight is 359 g/mol. The van der Waals surface area contributed by atoms with Crippen molar-refractivity contribution in [3.8, 4) is 11.5 Å². The molecule has 1 aliphatic heterocycles. The van der Waals surface area contributed by atoms with Crippen molar-refractivity contribution in [3.05, 3.63) is 42.2 Å². The van der Waals surface area contributed by atoms with E-state index in [1.54, 1.807) is 13.3 Å². The molecule has 2 heterocycles. The highest BCUT2D eigenvalue weighted by molar-refractivity contribution is 5.66. The predicted molar refractivity (Wildman–Crippen MR) is 96.8 cm³/mol. The van der Waals surface area contributed by atoms with Crippen molar-refractivity contribution in [1.29, 1.82) is 0 Å². The molecule has 0 spiro atoms. The zero-order valence-corrected chi connectivity index (χ0v) is 15.0. The second kappa shape index (κ2) is 8.71. The number of methoxy groups -OCH3 is 1. The Morgan fingerprint density at radius 3 is 2.88 bits per heavy atom. The molecule has 0 unspecified atom stereocenters. The van der Waals surface area contributed by atoms with Gasteiger partial charge in [0, 0.05) is 25.2 Å². The topological polar surface area (TPSA) is 76.8 Å². The maximum absolute atomic E-state index is 10.8. The van der Waals surface area contributed by atoms with Gasteiger partial charge in [-0.25, -0.2) is 0 Å². The minimum absolute atomic E-state index is 0.0941. The van der Waals surface area contributed by atoms with Gasteiger partial charge < -0.3 is 14.6 Å². The fraction of sp³-hybridized carbons (Fsp3) is 0.474. The van der Waals surface area contributed by atoms with Crippen LogP contribution in [0.5, 0.6) is 11.5 Å². The number of carboxylic acid groups (broad SMARTS) is 1. The molecule has 0 saturated carbocycles. The Kier molecular flexibility index (Phi) is 6.12. The van der Waals surface area contributed by atoms with Gasteiger partial charge in [-0.15, -0.1) is 0 Å². The number of benzene rings is 1. The predicted octanol–water partition coefficient (Wildman–Crippen LogP) is 2.23. The fourth-order valence-electron chi connectivity index (χ4n) is 3.34. The van der Waals surface area contributed by atoms with Gasteiger partial charge >= 0.3 is 5.97 Å². The van der Waals surface area contributed by atoms with E-state index in [0.29, 0.717) is 12.5 Å². The molecule has 3 rings (SSSR count). The third-order valence-electron chi connectivity index (χ3n) is 4.62. The number of hydrogen-bond acceptors (Lipinski definition) is 5. The van der Waals surface area contributed by atoms with Crippen LogP contribution in [0.1, 0.15) is 24.5 Å². The summed E-state index contributed by atoms with van der Waals surface area (Å²) in [6.45, 7) is 3.30. The van der Waals surface area contributed by atoms with Gasteiger partial charge in [-0.3, -0.25) is 14.4 Å². The van der Waals surface area contributed by atoms with Gasteiger partial charge in [0.25, 0.3) is 0 Å². The Labute approximate surface area is 153 Å². The molecule has 1 N–H and O–H groups in total. The smallest absolute Gasteiger partial charge is 0.325 e. The molecule has 7 heteroatoms. The number of carbonyl (C=O) groups is 1. The zero-order valence-electron chi connectivity index (χ0n) is 15.0. The number of hydrogen-bond donors (Lipinski definition) is 1. The molecule has 0 amide bonds. The van der Waals surface area contributed by atoms with E-state index in [1.807, 2.05) is 30.3 Å². The first-order valence-electron chi connectivity index (χ1n) is 8.89. The third kappa shape index (κ3) is 4.76. The number of aromatic nitrogens is 2. The van der Waals surface area contributed by atoms with E-state index in [1.165, 1.54) is 4.68 Å². The van der Waals surface area contributed by atoms with Gasteiger partial charge in [-0.1, -0.05) is 12.1 Å². The lowest BCUT2D eigenvalue weighted by Crippen LogP contribution is -2.37. The molecule has 0 bridgehead atoms. The summed E-state index contributed by atoms with van der Waals surface area (Å²) in [5.41, 5.74) is 0.974. The van der Waals surface area contributed by atoms with Crippen molar-refractivity contribution in [1.82, 2.24) is 14.7 Å². The van der Waals surface area contributed by atoms with E-state index in [4.69, 9.17) is 14.6 Å². The molecule has 1 atom stereocenters. The highest BCUT2D eigenvalue weighted by Gasteiger charge is 2.23. The minimum Gasteiger partial charge on any atom is -0.493 e. The number of para-hydroxylation sites is 2. The summed E-state index contributed by atoms with van der Waals surface area (Å²) < 4.78 is 12.7. The molecule has 1 aliphatic rings. The Balaban J connectivity index is 1.50. The first kappa shape index (κ1) is 18.3. The van der Waals surface area contributed by atoms with Crippen molar-refractivity contribution >= 4 is 5.97 Å². The molecule has 26 heavy (non-hydrogen) atoms. The van der Waals surface area contributed by atoms with Crippen LogP contribution in [0, 0.1) is 0 Å². The van der Waals surface area contributed by atoms with Gasteiger partial charge in [-0.2, -0.15) is 5.10 Å². The maximum atomic E-state index is 10.8. The molecular formula is C19H25N3O4. The van der Waals surface area contributed by atoms with Crippen molar-refractivity contribution < 1.29 is 19.4 Å². The summed E-state index contributed by atoms with van der Waals surface area (Å²) in [7, 11) is 1.64. The van der Waals surface area contributed by atoms with Crippen molar-refractivity contribution in [2.24, 2.45) is 0 Å². The third-order valence-corrected chi connectivity index (χ3v) is 4.62. The second-order valence-corrected chi connectivity index (χ2v) is 6.47. The number of carboxylic acids is 1. The zero-order chi connectivity index (χ0) is 18.4. The molecule has 0 aliphatic carbocycles.